The average Bonchev–Trinajstić information content (AvgIpc) is 3.37. The fourth-order valence-corrected chi connectivity index (χ4v) is 3.02. The molecule has 2 aromatic carbocycles. The molecule has 0 fully saturated rings. The van der Waals surface area contributed by atoms with Crippen LogP contribution in [-0.4, -0.2) is 25.5 Å². The second-order valence-corrected chi connectivity index (χ2v) is 7.39. The molecule has 2 heterocycles. The Morgan fingerprint density at radius 2 is 1.97 bits per heavy atom. The number of hydrogen-bond acceptors (Lipinski definition) is 4. The Hall–Kier alpha value is -3.46. The van der Waals surface area contributed by atoms with Gasteiger partial charge in [0.1, 0.15) is 11.6 Å². The minimum absolute atomic E-state index is 0.181. The summed E-state index contributed by atoms with van der Waals surface area (Å²) >= 11 is 3.37. The number of benzene rings is 2. The minimum Gasteiger partial charge on any atom is -0.471 e. The Labute approximate surface area is 180 Å². The molecule has 0 aliphatic heterocycles. The van der Waals surface area contributed by atoms with Crippen LogP contribution in [0.3, 0.4) is 0 Å². The van der Waals surface area contributed by atoms with Crippen LogP contribution in [0.4, 0.5) is 10.1 Å². The maximum atomic E-state index is 13.3. The molecular formula is C21H17BrFN5O2. The van der Waals surface area contributed by atoms with Gasteiger partial charge in [-0.15, -0.1) is 0 Å². The van der Waals surface area contributed by atoms with E-state index in [9.17, 15) is 9.18 Å². The summed E-state index contributed by atoms with van der Waals surface area (Å²) in [6, 6.07) is 15.3. The van der Waals surface area contributed by atoms with Gasteiger partial charge in [0.2, 0.25) is 0 Å². The Morgan fingerprint density at radius 1 is 1.13 bits per heavy atom. The lowest BCUT2D eigenvalue weighted by Gasteiger charge is -2.06. The van der Waals surface area contributed by atoms with Crippen LogP contribution in [0.1, 0.15) is 16.1 Å². The summed E-state index contributed by atoms with van der Waals surface area (Å²) in [6.07, 6.45) is 4.88. The van der Waals surface area contributed by atoms with Gasteiger partial charge in [0.15, 0.2) is 12.4 Å². The number of halogens is 2. The summed E-state index contributed by atoms with van der Waals surface area (Å²) < 4.78 is 23.0. The van der Waals surface area contributed by atoms with Crippen molar-refractivity contribution in [2.24, 2.45) is 0 Å². The normalized spacial score (nSPS) is 10.7. The van der Waals surface area contributed by atoms with Crippen LogP contribution in [0.2, 0.25) is 0 Å². The molecule has 0 bridgehead atoms. The SMILES string of the molecule is O=C(Nc1cnn(Cc2cccc(F)c2)c1)c1ccn(COc2ccc(Br)cc2)n1. The summed E-state index contributed by atoms with van der Waals surface area (Å²) in [5.74, 6) is 0.0426. The van der Waals surface area contributed by atoms with Gasteiger partial charge in [-0.2, -0.15) is 10.2 Å². The van der Waals surface area contributed by atoms with E-state index in [0.717, 1.165) is 10.0 Å². The van der Waals surface area contributed by atoms with Crippen molar-refractivity contribution >= 4 is 27.5 Å². The summed E-state index contributed by atoms with van der Waals surface area (Å²) in [5.41, 5.74) is 1.56. The second kappa shape index (κ2) is 8.91. The molecule has 0 spiro atoms. The molecule has 0 unspecified atom stereocenters. The third-order valence-electron chi connectivity index (χ3n) is 4.18. The van der Waals surface area contributed by atoms with Crippen LogP contribution in [0, 0.1) is 5.82 Å². The van der Waals surface area contributed by atoms with Gasteiger partial charge >= 0.3 is 0 Å². The lowest BCUT2D eigenvalue weighted by Crippen LogP contribution is -2.14. The maximum Gasteiger partial charge on any atom is 0.276 e. The van der Waals surface area contributed by atoms with Crippen molar-refractivity contribution in [3.05, 3.63) is 94.7 Å². The molecule has 1 N–H and O–H groups in total. The predicted molar refractivity (Wildman–Crippen MR) is 113 cm³/mol. The fourth-order valence-electron chi connectivity index (χ4n) is 2.76. The van der Waals surface area contributed by atoms with Gasteiger partial charge in [0.25, 0.3) is 5.91 Å². The second-order valence-electron chi connectivity index (χ2n) is 6.48. The summed E-state index contributed by atoms with van der Waals surface area (Å²) in [4.78, 5) is 12.4. The maximum absolute atomic E-state index is 13.3. The first-order valence-corrected chi connectivity index (χ1v) is 9.84. The van der Waals surface area contributed by atoms with Gasteiger partial charge in [-0.1, -0.05) is 28.1 Å². The van der Waals surface area contributed by atoms with E-state index >= 15 is 0 Å². The van der Waals surface area contributed by atoms with E-state index in [1.54, 1.807) is 29.2 Å². The minimum atomic E-state index is -0.359. The molecule has 0 saturated carbocycles. The first-order chi connectivity index (χ1) is 14.5. The molecule has 0 saturated heterocycles. The molecule has 1 amide bonds. The van der Waals surface area contributed by atoms with Crippen LogP contribution in [0.5, 0.6) is 5.75 Å². The molecule has 152 valence electrons. The molecule has 0 radical (unpaired) electrons. The van der Waals surface area contributed by atoms with Gasteiger partial charge in [0, 0.05) is 16.9 Å². The molecule has 9 heteroatoms. The number of nitrogens with zero attached hydrogens (tertiary/aromatic N) is 4. The van der Waals surface area contributed by atoms with E-state index in [0.29, 0.717) is 18.0 Å². The van der Waals surface area contributed by atoms with E-state index < -0.39 is 0 Å². The van der Waals surface area contributed by atoms with Gasteiger partial charge in [0.05, 0.1) is 18.4 Å². The molecule has 7 nitrogen and oxygen atoms in total. The zero-order valence-electron chi connectivity index (χ0n) is 15.7. The van der Waals surface area contributed by atoms with Crippen molar-refractivity contribution in [2.45, 2.75) is 13.3 Å². The Bertz CT molecular complexity index is 1160. The van der Waals surface area contributed by atoms with E-state index in [-0.39, 0.29) is 24.1 Å². The van der Waals surface area contributed by atoms with Crippen molar-refractivity contribution < 1.29 is 13.9 Å². The molecular weight excluding hydrogens is 453 g/mol. The molecule has 4 rings (SSSR count). The molecule has 2 aromatic heterocycles. The van der Waals surface area contributed by atoms with E-state index in [2.05, 4.69) is 31.4 Å². The third-order valence-corrected chi connectivity index (χ3v) is 4.70. The molecule has 0 aliphatic rings. The highest BCUT2D eigenvalue weighted by Gasteiger charge is 2.11. The van der Waals surface area contributed by atoms with Crippen LogP contribution in [0.25, 0.3) is 0 Å². The molecule has 0 atom stereocenters. The molecule has 0 aliphatic carbocycles. The lowest BCUT2D eigenvalue weighted by molar-refractivity contribution is 0.102. The number of rotatable bonds is 7. The van der Waals surface area contributed by atoms with Crippen molar-refractivity contribution in [2.75, 3.05) is 5.32 Å². The molecule has 30 heavy (non-hydrogen) atoms. The lowest BCUT2D eigenvalue weighted by atomic mass is 10.2. The number of carbonyl (C=O) groups is 1. The fraction of sp³-hybridized carbons (Fsp3) is 0.0952. The summed E-state index contributed by atoms with van der Waals surface area (Å²) in [5, 5.41) is 11.2. The van der Waals surface area contributed by atoms with Gasteiger partial charge in [-0.25, -0.2) is 9.07 Å². The highest BCUT2D eigenvalue weighted by molar-refractivity contribution is 9.10. The largest absolute Gasteiger partial charge is 0.471 e. The van der Waals surface area contributed by atoms with Crippen LogP contribution in [0.15, 0.2) is 77.7 Å². The van der Waals surface area contributed by atoms with Gasteiger partial charge < -0.3 is 10.1 Å². The highest BCUT2D eigenvalue weighted by atomic mass is 79.9. The standard InChI is InChI=1S/C21H17BrFN5O2/c22-16-4-6-19(7-5-16)30-14-27-9-8-20(26-27)21(29)25-18-11-24-28(13-18)12-15-2-1-3-17(23)10-15/h1-11,13H,12,14H2,(H,25,29). The number of hydrogen-bond donors (Lipinski definition) is 1. The third kappa shape index (κ3) is 5.12. The Morgan fingerprint density at radius 3 is 2.77 bits per heavy atom. The first kappa shape index (κ1) is 19.8. The van der Waals surface area contributed by atoms with Gasteiger partial charge in [-0.05, 0) is 48.0 Å². The number of aromatic nitrogens is 4. The van der Waals surface area contributed by atoms with Crippen molar-refractivity contribution in [1.82, 2.24) is 19.6 Å². The van der Waals surface area contributed by atoms with Crippen LogP contribution < -0.4 is 10.1 Å². The average molecular weight is 470 g/mol. The monoisotopic (exact) mass is 469 g/mol. The topological polar surface area (TPSA) is 74.0 Å². The van der Waals surface area contributed by atoms with E-state index in [4.69, 9.17) is 4.74 Å². The van der Waals surface area contributed by atoms with Crippen LogP contribution >= 0.6 is 15.9 Å². The number of ether oxygens (including phenoxy) is 1. The summed E-state index contributed by atoms with van der Waals surface area (Å²) in [6.45, 7) is 0.579. The first-order valence-electron chi connectivity index (χ1n) is 9.05. The molecule has 4 aromatic rings. The Kier molecular flexibility index (Phi) is 5.89. The quantitative estimate of drug-likeness (QED) is 0.437. The zero-order chi connectivity index (χ0) is 20.9. The van der Waals surface area contributed by atoms with Crippen molar-refractivity contribution in [1.29, 1.82) is 0 Å². The number of anilines is 1. The zero-order valence-corrected chi connectivity index (χ0v) is 17.3. The van der Waals surface area contributed by atoms with Crippen LogP contribution in [-0.2, 0) is 13.3 Å². The van der Waals surface area contributed by atoms with E-state index in [1.165, 1.54) is 23.0 Å². The Balaban J connectivity index is 1.33. The van der Waals surface area contributed by atoms with Crippen molar-refractivity contribution in [3.63, 3.8) is 0 Å². The predicted octanol–water partition coefficient (Wildman–Crippen LogP) is 4.32. The number of carbonyl (C=O) groups excluding carboxylic acids is 1. The highest BCUT2D eigenvalue weighted by Crippen LogP contribution is 2.16. The van der Waals surface area contributed by atoms with Crippen molar-refractivity contribution in [3.8, 4) is 5.75 Å². The van der Waals surface area contributed by atoms with E-state index in [1.807, 2.05) is 30.3 Å². The number of nitrogens with one attached hydrogen (secondary N) is 1. The number of amides is 1. The van der Waals surface area contributed by atoms with Gasteiger partial charge in [-0.3, -0.25) is 9.48 Å². The smallest absolute Gasteiger partial charge is 0.276 e. The summed E-state index contributed by atoms with van der Waals surface area (Å²) in [7, 11) is 0.